The zero-order valence-electron chi connectivity index (χ0n) is 20.9. The van der Waals surface area contributed by atoms with Crippen LogP contribution >= 0.6 is 0 Å². The van der Waals surface area contributed by atoms with Crippen LogP contribution in [0.4, 0.5) is 0 Å². The lowest BCUT2D eigenvalue weighted by atomic mass is 9.43. The van der Waals surface area contributed by atoms with Crippen LogP contribution in [0.3, 0.4) is 0 Å². The van der Waals surface area contributed by atoms with Crippen molar-refractivity contribution in [3.8, 4) is 0 Å². The number of hydrogen-bond donors (Lipinski definition) is 3. The normalized spacial score (nSPS) is 46.2. The molecule has 4 saturated carbocycles. The van der Waals surface area contributed by atoms with Crippen LogP contribution in [-0.4, -0.2) is 42.5 Å². The molecule has 4 fully saturated rings. The number of aliphatic hydroxyl groups excluding tert-OH is 1. The highest BCUT2D eigenvalue weighted by atomic mass is 32.2. The minimum Gasteiger partial charge on any atom is -0.481 e. The SMILES string of the molecule is CCS(=O)(=O)N[C@H]1C[C@@H]2C[C@H](O)CC[C@]2(C)[C@H]2CC[C@]3(C)[C@@H]([C@H](C)CCC(=O)O)CC[C@H]3[C@H]12. The number of rotatable bonds is 7. The van der Waals surface area contributed by atoms with Crippen molar-refractivity contribution < 1.29 is 23.4 Å². The molecule has 0 bridgehead atoms. The Morgan fingerprint density at radius 2 is 1.73 bits per heavy atom. The maximum absolute atomic E-state index is 12.7. The van der Waals surface area contributed by atoms with Gasteiger partial charge in [-0.25, -0.2) is 13.1 Å². The van der Waals surface area contributed by atoms with Crippen molar-refractivity contribution in [1.82, 2.24) is 4.72 Å². The van der Waals surface area contributed by atoms with E-state index in [1.165, 1.54) is 0 Å². The molecule has 0 heterocycles. The molecule has 0 aromatic rings. The Morgan fingerprint density at radius 3 is 2.39 bits per heavy atom. The molecule has 0 aromatic heterocycles. The highest BCUT2D eigenvalue weighted by molar-refractivity contribution is 7.89. The number of carboxylic acid groups (broad SMARTS) is 1. The molecule has 0 amide bonds. The average molecular weight is 484 g/mol. The molecule has 6 nitrogen and oxygen atoms in total. The predicted octanol–water partition coefficient (Wildman–Crippen LogP) is 4.42. The van der Waals surface area contributed by atoms with Crippen molar-refractivity contribution in [1.29, 1.82) is 0 Å². The van der Waals surface area contributed by atoms with Crippen LogP contribution in [0, 0.1) is 46.3 Å². The van der Waals surface area contributed by atoms with Gasteiger partial charge in [0.05, 0.1) is 11.9 Å². The third kappa shape index (κ3) is 4.51. The number of carboxylic acids is 1. The number of hydrogen-bond acceptors (Lipinski definition) is 4. The van der Waals surface area contributed by atoms with Gasteiger partial charge in [-0.2, -0.15) is 0 Å². The van der Waals surface area contributed by atoms with Crippen LogP contribution in [0.1, 0.15) is 91.9 Å². The molecule has 0 saturated heterocycles. The van der Waals surface area contributed by atoms with E-state index in [1.54, 1.807) is 6.92 Å². The summed E-state index contributed by atoms with van der Waals surface area (Å²) in [5.74, 6) is 1.91. The summed E-state index contributed by atoms with van der Waals surface area (Å²) >= 11 is 0. The first-order valence-electron chi connectivity index (χ1n) is 13.3. The van der Waals surface area contributed by atoms with Crippen LogP contribution in [-0.2, 0) is 14.8 Å². The summed E-state index contributed by atoms with van der Waals surface area (Å²) in [5, 5.41) is 19.6. The predicted molar refractivity (Wildman–Crippen MR) is 129 cm³/mol. The van der Waals surface area contributed by atoms with Crippen LogP contribution in [0.5, 0.6) is 0 Å². The van der Waals surface area contributed by atoms with Crippen molar-refractivity contribution in [2.24, 2.45) is 46.3 Å². The number of sulfonamides is 1. The number of carbonyl (C=O) groups is 1. The van der Waals surface area contributed by atoms with Gasteiger partial charge in [-0.1, -0.05) is 20.8 Å². The molecular weight excluding hydrogens is 438 g/mol. The van der Waals surface area contributed by atoms with Gasteiger partial charge >= 0.3 is 5.97 Å². The van der Waals surface area contributed by atoms with Crippen molar-refractivity contribution in [2.75, 3.05) is 5.75 Å². The van der Waals surface area contributed by atoms with Gasteiger partial charge in [0.25, 0.3) is 0 Å². The fraction of sp³-hybridized carbons (Fsp3) is 0.962. The summed E-state index contributed by atoms with van der Waals surface area (Å²) in [6.45, 7) is 8.78. The third-order valence-electron chi connectivity index (χ3n) is 11.0. The Kier molecular flexibility index (Phi) is 7.00. The lowest BCUT2D eigenvalue weighted by molar-refractivity contribution is -0.140. The zero-order valence-corrected chi connectivity index (χ0v) is 21.7. The van der Waals surface area contributed by atoms with Gasteiger partial charge in [0, 0.05) is 12.5 Å². The molecule has 4 aliphatic carbocycles. The quantitative estimate of drug-likeness (QED) is 0.497. The zero-order chi connectivity index (χ0) is 24.2. The van der Waals surface area contributed by atoms with Crippen LogP contribution < -0.4 is 4.72 Å². The summed E-state index contributed by atoms with van der Waals surface area (Å²) in [5.41, 5.74) is 0.318. The fourth-order valence-electron chi connectivity index (χ4n) is 9.21. The minimum atomic E-state index is -3.32. The summed E-state index contributed by atoms with van der Waals surface area (Å²) in [6, 6.07) is -0.0546. The smallest absolute Gasteiger partial charge is 0.303 e. The van der Waals surface area contributed by atoms with E-state index >= 15 is 0 Å². The van der Waals surface area contributed by atoms with E-state index in [1.807, 2.05) is 0 Å². The Labute approximate surface area is 200 Å². The van der Waals surface area contributed by atoms with Gasteiger partial charge in [0.1, 0.15) is 0 Å². The van der Waals surface area contributed by atoms with E-state index in [4.69, 9.17) is 0 Å². The monoisotopic (exact) mass is 483 g/mol. The molecule has 0 unspecified atom stereocenters. The van der Waals surface area contributed by atoms with Gasteiger partial charge in [-0.15, -0.1) is 0 Å². The van der Waals surface area contributed by atoms with E-state index in [2.05, 4.69) is 25.5 Å². The Balaban J connectivity index is 1.65. The molecule has 190 valence electrons. The summed E-state index contributed by atoms with van der Waals surface area (Å²) in [7, 11) is -3.32. The first kappa shape index (κ1) is 25.4. The van der Waals surface area contributed by atoms with Crippen molar-refractivity contribution in [3.63, 3.8) is 0 Å². The molecular formula is C26H45NO5S. The standard InChI is InChI=1S/C26H45NO5S/c1-5-33(31,32)27-22-15-17-14-18(28)10-12-25(17,3)21-11-13-26(4)19(7-8-20(26)24(21)22)16(2)6-9-23(29)30/h16-22,24,27-28H,5-15H2,1-4H3,(H,29,30)/t16-,17+,18-,19-,20+,21+,22+,24+,25+,26-/m1/s1. The molecule has 0 spiro atoms. The van der Waals surface area contributed by atoms with Gasteiger partial charge in [0.15, 0.2) is 0 Å². The Hall–Kier alpha value is -0.660. The largest absolute Gasteiger partial charge is 0.481 e. The van der Waals surface area contributed by atoms with Crippen LogP contribution in [0.25, 0.3) is 0 Å². The third-order valence-corrected chi connectivity index (χ3v) is 12.4. The maximum atomic E-state index is 12.7. The number of nitrogens with one attached hydrogen (secondary N) is 1. The summed E-state index contributed by atoms with van der Waals surface area (Å²) < 4.78 is 28.6. The van der Waals surface area contributed by atoms with E-state index in [-0.39, 0.29) is 35.1 Å². The molecule has 0 radical (unpaired) electrons. The van der Waals surface area contributed by atoms with E-state index < -0.39 is 16.0 Å². The van der Waals surface area contributed by atoms with Gasteiger partial charge in [0.2, 0.25) is 10.0 Å². The van der Waals surface area contributed by atoms with Gasteiger partial charge in [-0.3, -0.25) is 4.79 Å². The molecule has 0 aliphatic heterocycles. The van der Waals surface area contributed by atoms with Gasteiger partial charge in [-0.05, 0) is 111 Å². The Morgan fingerprint density at radius 1 is 1.06 bits per heavy atom. The molecule has 10 atom stereocenters. The van der Waals surface area contributed by atoms with Crippen LogP contribution in [0.2, 0.25) is 0 Å². The second kappa shape index (κ2) is 9.09. The lowest BCUT2D eigenvalue weighted by Gasteiger charge is -2.63. The van der Waals surface area contributed by atoms with E-state index in [0.29, 0.717) is 35.5 Å². The van der Waals surface area contributed by atoms with Crippen molar-refractivity contribution in [3.05, 3.63) is 0 Å². The number of fused-ring (bicyclic) bond motifs is 5. The second-order valence-electron chi connectivity index (χ2n) is 12.4. The summed E-state index contributed by atoms with van der Waals surface area (Å²) in [4.78, 5) is 11.2. The maximum Gasteiger partial charge on any atom is 0.303 e. The van der Waals surface area contributed by atoms with Crippen molar-refractivity contribution >= 4 is 16.0 Å². The second-order valence-corrected chi connectivity index (χ2v) is 14.5. The molecule has 33 heavy (non-hydrogen) atoms. The molecule has 3 N–H and O–H groups in total. The fourth-order valence-corrected chi connectivity index (χ4v) is 10.1. The first-order valence-corrected chi connectivity index (χ1v) is 15.0. The topological polar surface area (TPSA) is 104 Å². The van der Waals surface area contributed by atoms with Gasteiger partial charge < -0.3 is 10.2 Å². The molecule has 4 rings (SSSR count). The van der Waals surface area contributed by atoms with Crippen LogP contribution in [0.15, 0.2) is 0 Å². The highest BCUT2D eigenvalue weighted by Crippen LogP contribution is 2.68. The number of aliphatic hydroxyl groups is 1. The lowest BCUT2D eigenvalue weighted by Crippen LogP contribution is -2.62. The van der Waals surface area contributed by atoms with E-state index in [0.717, 1.165) is 57.8 Å². The molecule has 4 aliphatic rings. The Bertz CT molecular complexity index is 846. The molecule has 7 heteroatoms. The van der Waals surface area contributed by atoms with E-state index in [9.17, 15) is 23.4 Å². The summed E-state index contributed by atoms with van der Waals surface area (Å²) in [6.07, 6.45) is 8.72. The minimum absolute atomic E-state index is 0.0546. The number of aliphatic carboxylic acids is 1. The average Bonchev–Trinajstić information content (AvgIpc) is 3.10. The highest BCUT2D eigenvalue weighted by Gasteiger charge is 2.63. The first-order chi connectivity index (χ1) is 15.4. The van der Waals surface area contributed by atoms with Crippen molar-refractivity contribution in [2.45, 2.75) is 104 Å². The molecule has 0 aromatic carbocycles.